The number of nitrogens with one attached hydrogen (secondary N) is 1. The summed E-state index contributed by atoms with van der Waals surface area (Å²) in [6.45, 7) is 0.869. The molecule has 2 aromatic rings. The van der Waals surface area contributed by atoms with Gasteiger partial charge in [-0.3, -0.25) is 19.3 Å². The van der Waals surface area contributed by atoms with Crippen LogP contribution in [0.15, 0.2) is 41.2 Å². The van der Waals surface area contributed by atoms with Gasteiger partial charge in [0.1, 0.15) is 18.6 Å². The van der Waals surface area contributed by atoms with Crippen molar-refractivity contribution >= 4 is 35.0 Å². The first-order valence-corrected chi connectivity index (χ1v) is 9.72. The summed E-state index contributed by atoms with van der Waals surface area (Å²) in [6.07, 6.45) is 4.20. The molecule has 1 aromatic carbocycles. The van der Waals surface area contributed by atoms with Gasteiger partial charge < -0.3 is 19.4 Å². The normalized spacial score (nSPS) is 16.9. The largest absolute Gasteiger partial charge is 0.482 e. The summed E-state index contributed by atoms with van der Waals surface area (Å²) >= 11 is 6.03. The SMILES string of the molecule is O=C(CN1C(=O)COc2ccc(Cl)cc21)NC1CCN(C(=O)c2ccoc2)CC1. The van der Waals surface area contributed by atoms with Crippen LogP contribution in [0, 0.1) is 0 Å². The van der Waals surface area contributed by atoms with Crippen LogP contribution >= 0.6 is 11.6 Å². The Morgan fingerprint density at radius 3 is 2.72 bits per heavy atom. The number of nitrogens with zero attached hydrogens (tertiary/aromatic N) is 2. The second-order valence-electron chi connectivity index (χ2n) is 7.03. The zero-order chi connectivity index (χ0) is 20.4. The maximum Gasteiger partial charge on any atom is 0.265 e. The van der Waals surface area contributed by atoms with Crippen molar-refractivity contribution in [1.29, 1.82) is 0 Å². The number of ether oxygens (including phenoxy) is 1. The number of anilines is 1. The first kappa shape index (κ1) is 19.3. The number of halogens is 1. The van der Waals surface area contributed by atoms with Crippen LogP contribution < -0.4 is 15.0 Å². The first-order valence-electron chi connectivity index (χ1n) is 9.35. The standard InChI is InChI=1S/C20H20ClN3O5/c21-14-1-2-17-16(9-14)24(19(26)12-29-17)10-18(25)22-15-3-6-23(7-4-15)20(27)13-5-8-28-11-13/h1-2,5,8-9,11,15H,3-4,6-7,10,12H2,(H,22,25). The van der Waals surface area contributed by atoms with Gasteiger partial charge in [-0.2, -0.15) is 0 Å². The highest BCUT2D eigenvalue weighted by Gasteiger charge is 2.29. The predicted octanol–water partition coefficient (Wildman–Crippen LogP) is 2.08. The van der Waals surface area contributed by atoms with Gasteiger partial charge in [0, 0.05) is 24.2 Å². The molecule has 1 aromatic heterocycles. The minimum Gasteiger partial charge on any atom is -0.482 e. The Morgan fingerprint density at radius 2 is 2.00 bits per heavy atom. The lowest BCUT2D eigenvalue weighted by molar-refractivity contribution is -0.125. The van der Waals surface area contributed by atoms with Crippen LogP contribution in [0.5, 0.6) is 5.75 Å². The summed E-state index contributed by atoms with van der Waals surface area (Å²) in [7, 11) is 0. The zero-order valence-corrected chi connectivity index (χ0v) is 16.4. The van der Waals surface area contributed by atoms with E-state index in [2.05, 4.69) is 5.32 Å². The highest BCUT2D eigenvalue weighted by atomic mass is 35.5. The lowest BCUT2D eigenvalue weighted by atomic mass is 10.0. The summed E-state index contributed by atoms with van der Waals surface area (Å²) < 4.78 is 10.4. The number of furan rings is 1. The van der Waals surface area contributed by atoms with Crippen LogP contribution in [0.25, 0.3) is 0 Å². The molecule has 0 spiro atoms. The third-order valence-electron chi connectivity index (χ3n) is 5.08. The fourth-order valence-electron chi connectivity index (χ4n) is 3.56. The van der Waals surface area contributed by atoms with Crippen molar-refractivity contribution in [2.24, 2.45) is 0 Å². The second-order valence-corrected chi connectivity index (χ2v) is 7.46. The van der Waals surface area contributed by atoms with E-state index in [0.29, 0.717) is 48.0 Å². The summed E-state index contributed by atoms with van der Waals surface area (Å²) in [6, 6.07) is 6.56. The molecule has 8 nitrogen and oxygen atoms in total. The van der Waals surface area contributed by atoms with Crippen LogP contribution in [-0.4, -0.2) is 54.9 Å². The molecule has 0 aliphatic carbocycles. The van der Waals surface area contributed by atoms with Crippen molar-refractivity contribution in [2.45, 2.75) is 18.9 Å². The molecule has 152 valence electrons. The van der Waals surface area contributed by atoms with Crippen molar-refractivity contribution in [1.82, 2.24) is 10.2 Å². The smallest absolute Gasteiger partial charge is 0.265 e. The number of likely N-dealkylation sites (tertiary alicyclic amines) is 1. The van der Waals surface area contributed by atoms with Crippen LogP contribution in [-0.2, 0) is 9.59 Å². The summed E-state index contributed by atoms with van der Waals surface area (Å²) in [5, 5.41) is 3.42. The number of benzene rings is 1. The highest BCUT2D eigenvalue weighted by molar-refractivity contribution is 6.31. The lowest BCUT2D eigenvalue weighted by Gasteiger charge is -2.33. The number of hydrogen-bond donors (Lipinski definition) is 1. The topological polar surface area (TPSA) is 92.1 Å². The van der Waals surface area contributed by atoms with Gasteiger partial charge >= 0.3 is 0 Å². The van der Waals surface area contributed by atoms with Gasteiger partial charge in [-0.1, -0.05) is 11.6 Å². The molecule has 2 aliphatic rings. The third kappa shape index (κ3) is 4.22. The Kier molecular flexibility index (Phi) is 5.44. The van der Waals surface area contributed by atoms with E-state index in [4.69, 9.17) is 20.8 Å². The molecule has 2 aliphatic heterocycles. The molecule has 0 unspecified atom stereocenters. The summed E-state index contributed by atoms with van der Waals surface area (Å²) in [5.74, 6) is -0.106. The van der Waals surface area contributed by atoms with Gasteiger partial charge in [0.05, 0.1) is 17.5 Å². The first-order chi connectivity index (χ1) is 14.0. The fourth-order valence-corrected chi connectivity index (χ4v) is 3.73. The summed E-state index contributed by atoms with van der Waals surface area (Å²) in [5.41, 5.74) is 1.01. The molecule has 0 atom stereocenters. The number of piperidine rings is 1. The Balaban J connectivity index is 1.32. The maximum atomic E-state index is 12.6. The Morgan fingerprint density at radius 1 is 1.21 bits per heavy atom. The molecule has 1 saturated heterocycles. The Hall–Kier alpha value is -3.00. The van der Waals surface area contributed by atoms with E-state index in [1.54, 1.807) is 29.2 Å². The highest BCUT2D eigenvalue weighted by Crippen LogP contribution is 2.34. The van der Waals surface area contributed by atoms with E-state index in [9.17, 15) is 14.4 Å². The number of amides is 3. The minimum atomic E-state index is -0.296. The van der Waals surface area contributed by atoms with E-state index < -0.39 is 0 Å². The van der Waals surface area contributed by atoms with E-state index >= 15 is 0 Å². The Labute approximate surface area is 172 Å². The second kappa shape index (κ2) is 8.16. The molecule has 0 saturated carbocycles. The number of fused-ring (bicyclic) bond motifs is 1. The lowest BCUT2D eigenvalue weighted by Crippen LogP contribution is -2.50. The van der Waals surface area contributed by atoms with E-state index in [-0.39, 0.29) is 36.9 Å². The number of rotatable bonds is 4. The van der Waals surface area contributed by atoms with Crippen LogP contribution in [0.3, 0.4) is 0 Å². The van der Waals surface area contributed by atoms with Gasteiger partial charge in [-0.15, -0.1) is 0 Å². The maximum absolute atomic E-state index is 12.6. The molecule has 0 radical (unpaired) electrons. The van der Waals surface area contributed by atoms with Crippen molar-refractivity contribution < 1.29 is 23.5 Å². The van der Waals surface area contributed by atoms with Gasteiger partial charge in [-0.05, 0) is 37.1 Å². The molecule has 1 fully saturated rings. The predicted molar refractivity (Wildman–Crippen MR) is 105 cm³/mol. The molecule has 4 rings (SSSR count). The van der Waals surface area contributed by atoms with Gasteiger partial charge in [-0.25, -0.2) is 0 Å². The zero-order valence-electron chi connectivity index (χ0n) is 15.6. The Bertz CT molecular complexity index is 922. The molecule has 3 heterocycles. The van der Waals surface area contributed by atoms with Gasteiger partial charge in [0.15, 0.2) is 6.61 Å². The molecular weight excluding hydrogens is 398 g/mol. The van der Waals surface area contributed by atoms with Crippen LogP contribution in [0.4, 0.5) is 5.69 Å². The average molecular weight is 418 g/mol. The molecule has 1 N–H and O–H groups in total. The average Bonchev–Trinajstić information content (AvgIpc) is 3.25. The van der Waals surface area contributed by atoms with Crippen molar-refractivity contribution in [3.63, 3.8) is 0 Å². The van der Waals surface area contributed by atoms with Gasteiger partial charge in [0.2, 0.25) is 5.91 Å². The monoisotopic (exact) mass is 417 g/mol. The minimum absolute atomic E-state index is 0.0501. The fraction of sp³-hybridized carbons (Fsp3) is 0.350. The van der Waals surface area contributed by atoms with E-state index in [1.807, 2.05) is 0 Å². The molecular formula is C20H20ClN3O5. The van der Waals surface area contributed by atoms with Crippen molar-refractivity contribution in [3.8, 4) is 5.75 Å². The van der Waals surface area contributed by atoms with Crippen LogP contribution in [0.2, 0.25) is 5.02 Å². The number of carbonyl (C=O) groups excluding carboxylic acids is 3. The third-order valence-corrected chi connectivity index (χ3v) is 5.32. The van der Waals surface area contributed by atoms with Crippen molar-refractivity contribution in [3.05, 3.63) is 47.4 Å². The quantitative estimate of drug-likeness (QED) is 0.822. The number of carbonyl (C=O) groups is 3. The van der Waals surface area contributed by atoms with Crippen molar-refractivity contribution in [2.75, 3.05) is 31.1 Å². The summed E-state index contributed by atoms with van der Waals surface area (Å²) in [4.78, 5) is 40.3. The molecule has 3 amide bonds. The molecule has 29 heavy (non-hydrogen) atoms. The van der Waals surface area contributed by atoms with E-state index in [1.165, 1.54) is 17.4 Å². The van der Waals surface area contributed by atoms with Crippen LogP contribution in [0.1, 0.15) is 23.2 Å². The van der Waals surface area contributed by atoms with E-state index in [0.717, 1.165) is 0 Å². The van der Waals surface area contributed by atoms with Gasteiger partial charge in [0.25, 0.3) is 11.8 Å². The molecule has 9 heteroatoms. The number of hydrogen-bond acceptors (Lipinski definition) is 5. The molecule has 0 bridgehead atoms.